The number of hydrogen-bond acceptors (Lipinski definition) is 6. The van der Waals surface area contributed by atoms with Crippen molar-refractivity contribution in [2.45, 2.75) is 44.4 Å². The van der Waals surface area contributed by atoms with Gasteiger partial charge in [0.05, 0.1) is 18.2 Å². The van der Waals surface area contributed by atoms with E-state index in [0.29, 0.717) is 0 Å². The van der Waals surface area contributed by atoms with Gasteiger partial charge in [0.25, 0.3) is 0 Å². The van der Waals surface area contributed by atoms with Crippen molar-refractivity contribution in [3.63, 3.8) is 0 Å². The van der Waals surface area contributed by atoms with Crippen LogP contribution in [0.15, 0.2) is 30.8 Å². The summed E-state index contributed by atoms with van der Waals surface area (Å²) >= 11 is 0. The minimum atomic E-state index is -1.43. The number of carboxylic acid groups (broad SMARTS) is 1. The van der Waals surface area contributed by atoms with E-state index in [1.165, 1.54) is 16.9 Å². The number of nitrogens with zero attached hydrogens (tertiary/aromatic N) is 4. The number of benzene rings is 1. The Balaban J connectivity index is 0.00000364. The van der Waals surface area contributed by atoms with Gasteiger partial charge in [-0.15, -0.1) is 10.2 Å². The molecule has 0 aliphatic rings. The topological polar surface area (TPSA) is 121 Å². The van der Waals surface area contributed by atoms with Crippen LogP contribution in [0.4, 0.5) is 4.39 Å². The van der Waals surface area contributed by atoms with Crippen LogP contribution in [-0.2, 0) is 4.79 Å². The van der Waals surface area contributed by atoms with Gasteiger partial charge in [0.2, 0.25) is 5.82 Å². The van der Waals surface area contributed by atoms with E-state index in [4.69, 9.17) is 0 Å². The van der Waals surface area contributed by atoms with E-state index >= 15 is 0 Å². The van der Waals surface area contributed by atoms with Gasteiger partial charge in [0.15, 0.2) is 0 Å². The maximum absolute atomic E-state index is 13.0. The van der Waals surface area contributed by atoms with Gasteiger partial charge in [-0.05, 0) is 36.8 Å². The first-order valence-electron chi connectivity index (χ1n) is 8.03. The number of aromatic nitrogens is 4. The summed E-state index contributed by atoms with van der Waals surface area (Å²) in [5.74, 6) is -3.00. The fourth-order valence-electron chi connectivity index (χ4n) is 2.43. The molecule has 1 heterocycles. The van der Waals surface area contributed by atoms with Crippen molar-refractivity contribution in [1.29, 1.82) is 0 Å². The van der Waals surface area contributed by atoms with Gasteiger partial charge in [0.1, 0.15) is 11.7 Å². The second kappa shape index (κ2) is 10.0. The molecule has 0 aliphatic heterocycles. The molecule has 142 valence electrons. The Labute approximate surface area is 178 Å². The molecule has 1 aromatic heterocycles. The standard InChI is InChI=1S/C17H21FN4O4.Na.H/c1-9(2)22-20-16(19-21-22)10(3)13(23)8-14(24)15(17(25)26)11-4-6-12(18)7-5-11;;/h4-7,9,13-15,23-24H,3,8H2,1-2H3,(H,25,26);;. The summed E-state index contributed by atoms with van der Waals surface area (Å²) in [6.45, 7) is 7.41. The monoisotopic (exact) mass is 388 g/mol. The molecule has 27 heavy (non-hydrogen) atoms. The Bertz CT molecular complexity index is 781. The summed E-state index contributed by atoms with van der Waals surface area (Å²) in [6.07, 6.45) is -2.99. The molecule has 1 aromatic carbocycles. The van der Waals surface area contributed by atoms with E-state index in [0.717, 1.165) is 12.1 Å². The van der Waals surface area contributed by atoms with Crippen LogP contribution in [-0.4, -0.2) is 83.3 Å². The van der Waals surface area contributed by atoms with E-state index in [1.807, 2.05) is 13.8 Å². The number of aliphatic hydroxyl groups excluding tert-OH is 2. The van der Waals surface area contributed by atoms with Gasteiger partial charge >= 0.3 is 35.5 Å². The molecule has 0 saturated carbocycles. The molecule has 2 aromatic rings. The molecule has 2 rings (SSSR count). The zero-order valence-electron chi connectivity index (χ0n) is 14.4. The fourth-order valence-corrected chi connectivity index (χ4v) is 2.43. The van der Waals surface area contributed by atoms with Gasteiger partial charge in [-0.2, -0.15) is 4.80 Å². The predicted molar refractivity (Wildman–Crippen MR) is 97.8 cm³/mol. The zero-order valence-corrected chi connectivity index (χ0v) is 14.4. The van der Waals surface area contributed by atoms with Gasteiger partial charge in [0, 0.05) is 12.0 Å². The molecule has 3 atom stereocenters. The molecule has 0 amide bonds. The van der Waals surface area contributed by atoms with Crippen LogP contribution in [0.1, 0.15) is 43.6 Å². The number of aliphatic hydroxyl groups is 2. The molecule has 0 radical (unpaired) electrons. The quantitative estimate of drug-likeness (QED) is 0.570. The van der Waals surface area contributed by atoms with Gasteiger partial charge in [-0.25, -0.2) is 4.39 Å². The van der Waals surface area contributed by atoms with Gasteiger partial charge in [-0.1, -0.05) is 18.7 Å². The number of carboxylic acids is 1. The first kappa shape index (κ1) is 23.4. The summed E-state index contributed by atoms with van der Waals surface area (Å²) in [7, 11) is 0. The number of aliphatic carboxylic acids is 1. The van der Waals surface area contributed by atoms with Crippen LogP contribution in [0, 0.1) is 5.82 Å². The SMILES string of the molecule is C=C(c1nnn(C(C)C)n1)C(O)CC(O)C(C(=O)O)c1ccc(F)cc1.[NaH]. The van der Waals surface area contributed by atoms with E-state index in [1.54, 1.807) is 0 Å². The molecular weight excluding hydrogens is 366 g/mol. The molecule has 0 fully saturated rings. The Morgan fingerprint density at radius 2 is 1.85 bits per heavy atom. The van der Waals surface area contributed by atoms with Crippen molar-refractivity contribution in [1.82, 2.24) is 20.2 Å². The van der Waals surface area contributed by atoms with Crippen molar-refractivity contribution in [3.8, 4) is 0 Å². The van der Waals surface area contributed by atoms with Crippen LogP contribution < -0.4 is 0 Å². The Morgan fingerprint density at radius 1 is 1.26 bits per heavy atom. The number of halogens is 1. The van der Waals surface area contributed by atoms with Crippen molar-refractivity contribution in [2.75, 3.05) is 0 Å². The first-order chi connectivity index (χ1) is 12.2. The molecule has 0 bridgehead atoms. The zero-order chi connectivity index (χ0) is 19.4. The minimum absolute atomic E-state index is 0. The molecular formula is C17H22FN4NaO4. The fraction of sp³-hybridized carbons (Fsp3) is 0.412. The van der Waals surface area contributed by atoms with Gasteiger partial charge < -0.3 is 15.3 Å². The molecule has 0 spiro atoms. The Kier molecular flexibility index (Phi) is 8.70. The van der Waals surface area contributed by atoms with Crippen molar-refractivity contribution in [3.05, 3.63) is 48.0 Å². The van der Waals surface area contributed by atoms with E-state index in [-0.39, 0.29) is 59.0 Å². The number of hydrogen-bond donors (Lipinski definition) is 3. The first-order valence-corrected chi connectivity index (χ1v) is 8.03. The van der Waals surface area contributed by atoms with Crippen LogP contribution >= 0.6 is 0 Å². The van der Waals surface area contributed by atoms with Crippen molar-refractivity contribution in [2.24, 2.45) is 0 Å². The van der Waals surface area contributed by atoms with Crippen LogP contribution in [0.25, 0.3) is 5.57 Å². The number of carbonyl (C=O) groups is 1. The average molecular weight is 388 g/mol. The predicted octanol–water partition coefficient (Wildman–Crippen LogP) is 0.738. The summed E-state index contributed by atoms with van der Waals surface area (Å²) in [5.41, 5.74) is 0.354. The molecule has 3 unspecified atom stereocenters. The summed E-state index contributed by atoms with van der Waals surface area (Å²) < 4.78 is 13.0. The third kappa shape index (κ3) is 5.91. The Morgan fingerprint density at radius 3 is 2.33 bits per heavy atom. The third-order valence-corrected chi connectivity index (χ3v) is 3.92. The van der Waals surface area contributed by atoms with Crippen molar-refractivity contribution >= 4 is 41.1 Å². The van der Waals surface area contributed by atoms with E-state index in [2.05, 4.69) is 22.0 Å². The molecule has 0 saturated heterocycles. The maximum atomic E-state index is 13.0. The normalized spacial score (nSPS) is 14.3. The number of rotatable bonds is 8. The molecule has 8 nitrogen and oxygen atoms in total. The molecule has 3 N–H and O–H groups in total. The summed E-state index contributed by atoms with van der Waals surface area (Å²) in [4.78, 5) is 12.9. The third-order valence-electron chi connectivity index (χ3n) is 3.92. The summed E-state index contributed by atoms with van der Waals surface area (Å²) in [6, 6.07) is 4.77. The number of tetrazole rings is 1. The van der Waals surface area contributed by atoms with E-state index in [9.17, 15) is 24.5 Å². The van der Waals surface area contributed by atoms with Crippen LogP contribution in [0.2, 0.25) is 0 Å². The van der Waals surface area contributed by atoms with Crippen LogP contribution in [0.5, 0.6) is 0 Å². The average Bonchev–Trinajstić information content (AvgIpc) is 3.06. The second-order valence-corrected chi connectivity index (χ2v) is 6.24. The Hall–Kier alpha value is -1.65. The second-order valence-electron chi connectivity index (χ2n) is 6.24. The van der Waals surface area contributed by atoms with Crippen LogP contribution in [0.3, 0.4) is 0 Å². The van der Waals surface area contributed by atoms with Gasteiger partial charge in [-0.3, -0.25) is 4.79 Å². The summed E-state index contributed by atoms with van der Waals surface area (Å²) in [5, 5.41) is 41.7. The van der Waals surface area contributed by atoms with E-state index < -0.39 is 29.9 Å². The van der Waals surface area contributed by atoms with Crippen molar-refractivity contribution < 1.29 is 24.5 Å². The molecule has 10 heteroatoms. The molecule has 0 aliphatic carbocycles.